The first-order valence-corrected chi connectivity index (χ1v) is 7.74. The Labute approximate surface area is 117 Å². The third-order valence-corrected chi connectivity index (χ3v) is 4.14. The van der Waals surface area contributed by atoms with E-state index in [0.717, 1.165) is 30.7 Å². The third kappa shape index (κ3) is 2.72. The predicted octanol–water partition coefficient (Wildman–Crippen LogP) is 2.63. The molecular weight excluding hydrogens is 294 g/mol. The van der Waals surface area contributed by atoms with Gasteiger partial charge >= 0.3 is 0 Å². The highest BCUT2D eigenvalue weighted by molar-refractivity contribution is 9.08. The van der Waals surface area contributed by atoms with Gasteiger partial charge in [-0.3, -0.25) is 4.68 Å². The molecule has 1 aliphatic rings. The van der Waals surface area contributed by atoms with Crippen LogP contribution in [0.25, 0.3) is 0 Å². The van der Waals surface area contributed by atoms with Crippen LogP contribution in [0.1, 0.15) is 31.0 Å². The number of alkyl halides is 1. The van der Waals surface area contributed by atoms with Crippen molar-refractivity contribution in [1.82, 2.24) is 9.78 Å². The van der Waals surface area contributed by atoms with E-state index in [1.165, 1.54) is 24.2 Å². The Morgan fingerprint density at radius 2 is 2.33 bits per heavy atom. The molecule has 4 nitrogen and oxygen atoms in total. The van der Waals surface area contributed by atoms with Crippen LogP contribution in [0.2, 0.25) is 0 Å². The number of halogens is 1. The predicted molar refractivity (Wildman–Crippen MR) is 77.4 cm³/mol. The van der Waals surface area contributed by atoms with E-state index in [4.69, 9.17) is 4.74 Å². The van der Waals surface area contributed by atoms with Crippen LogP contribution >= 0.6 is 15.9 Å². The van der Waals surface area contributed by atoms with Crippen LogP contribution < -0.4 is 4.90 Å². The lowest BCUT2D eigenvalue weighted by atomic mass is 10.2. The minimum absolute atomic E-state index is 0.378. The summed E-state index contributed by atoms with van der Waals surface area (Å²) in [5.74, 6) is 1.22. The summed E-state index contributed by atoms with van der Waals surface area (Å²) in [5.41, 5.74) is 2.40. The first-order chi connectivity index (χ1) is 8.67. The van der Waals surface area contributed by atoms with Crippen molar-refractivity contribution in [3.05, 3.63) is 11.3 Å². The van der Waals surface area contributed by atoms with Crippen molar-refractivity contribution in [2.75, 3.05) is 24.6 Å². The average Bonchev–Trinajstić information content (AvgIpc) is 2.94. The van der Waals surface area contributed by atoms with Crippen molar-refractivity contribution >= 4 is 21.7 Å². The van der Waals surface area contributed by atoms with E-state index in [1.54, 1.807) is 0 Å². The van der Waals surface area contributed by atoms with Crippen LogP contribution in [-0.2, 0) is 17.1 Å². The van der Waals surface area contributed by atoms with Crippen molar-refractivity contribution in [3.63, 3.8) is 0 Å². The van der Waals surface area contributed by atoms with Gasteiger partial charge in [0.25, 0.3) is 0 Å². The molecule has 1 unspecified atom stereocenters. The molecule has 0 aromatic carbocycles. The number of aryl methyl sites for hydroxylation is 2. The molecule has 1 atom stereocenters. The highest BCUT2D eigenvalue weighted by Gasteiger charge is 2.23. The van der Waals surface area contributed by atoms with Crippen LogP contribution in [0.15, 0.2) is 0 Å². The zero-order valence-corrected chi connectivity index (χ0v) is 13.0. The monoisotopic (exact) mass is 315 g/mol. The van der Waals surface area contributed by atoms with Gasteiger partial charge in [-0.1, -0.05) is 15.9 Å². The topological polar surface area (TPSA) is 30.3 Å². The summed E-state index contributed by atoms with van der Waals surface area (Å²) in [6, 6.07) is 0. The summed E-state index contributed by atoms with van der Waals surface area (Å²) in [7, 11) is 2.02. The van der Waals surface area contributed by atoms with E-state index in [-0.39, 0.29) is 0 Å². The Bertz CT molecular complexity index is 399. The van der Waals surface area contributed by atoms with E-state index in [9.17, 15) is 0 Å². The number of hydrogen-bond donors (Lipinski definition) is 0. The number of ether oxygens (including phenoxy) is 1. The molecule has 0 N–H and O–H groups in total. The summed E-state index contributed by atoms with van der Waals surface area (Å²) in [6.07, 6.45) is 2.75. The fourth-order valence-corrected chi connectivity index (χ4v) is 3.30. The molecule has 0 spiro atoms. The molecule has 102 valence electrons. The third-order valence-electron chi connectivity index (χ3n) is 3.58. The molecule has 1 fully saturated rings. The Kier molecular flexibility index (Phi) is 4.67. The number of nitrogens with zero attached hydrogens (tertiary/aromatic N) is 3. The van der Waals surface area contributed by atoms with Gasteiger partial charge in [-0.15, -0.1) is 0 Å². The number of anilines is 1. The van der Waals surface area contributed by atoms with Gasteiger partial charge in [0.2, 0.25) is 0 Å². The molecule has 0 aliphatic carbocycles. The Hall–Kier alpha value is -0.550. The van der Waals surface area contributed by atoms with E-state index in [2.05, 4.69) is 39.8 Å². The van der Waals surface area contributed by atoms with E-state index in [0.29, 0.717) is 6.10 Å². The second-order valence-electron chi connectivity index (χ2n) is 4.82. The minimum Gasteiger partial charge on any atom is -0.376 e. The van der Waals surface area contributed by atoms with Gasteiger partial charge in [-0.05, 0) is 26.7 Å². The second kappa shape index (κ2) is 6.06. The minimum atomic E-state index is 0.378. The van der Waals surface area contributed by atoms with Crippen molar-refractivity contribution in [1.29, 1.82) is 0 Å². The molecule has 0 bridgehead atoms. The Balaban J connectivity index is 2.20. The quantitative estimate of drug-likeness (QED) is 0.782. The highest BCUT2D eigenvalue weighted by atomic mass is 79.9. The molecule has 5 heteroatoms. The molecule has 1 aliphatic heterocycles. The first-order valence-electron chi connectivity index (χ1n) is 6.62. The number of aromatic nitrogens is 2. The number of likely N-dealkylation sites (N-methyl/N-ethyl adjacent to an activating group) is 1. The largest absolute Gasteiger partial charge is 0.376 e. The Morgan fingerprint density at radius 1 is 1.56 bits per heavy atom. The number of hydrogen-bond acceptors (Lipinski definition) is 3. The van der Waals surface area contributed by atoms with Gasteiger partial charge in [0.1, 0.15) is 5.82 Å². The molecular formula is C13H22BrN3O. The molecule has 2 rings (SSSR count). The SMILES string of the molecule is CCN(CC1CCCO1)c1c(CBr)c(C)nn1C. The maximum Gasteiger partial charge on any atom is 0.130 e. The van der Waals surface area contributed by atoms with Gasteiger partial charge in [-0.25, -0.2) is 0 Å². The fourth-order valence-electron chi connectivity index (χ4n) is 2.64. The van der Waals surface area contributed by atoms with Gasteiger partial charge in [0, 0.05) is 37.6 Å². The smallest absolute Gasteiger partial charge is 0.130 e. The van der Waals surface area contributed by atoms with Gasteiger partial charge in [-0.2, -0.15) is 5.10 Å². The lowest BCUT2D eigenvalue weighted by Gasteiger charge is -2.26. The summed E-state index contributed by atoms with van der Waals surface area (Å²) in [5, 5.41) is 5.38. The summed E-state index contributed by atoms with van der Waals surface area (Å²) < 4.78 is 7.73. The molecule has 2 heterocycles. The second-order valence-corrected chi connectivity index (χ2v) is 5.38. The molecule has 0 radical (unpaired) electrons. The fraction of sp³-hybridized carbons (Fsp3) is 0.769. The molecule has 1 saturated heterocycles. The van der Waals surface area contributed by atoms with Gasteiger partial charge in [0.15, 0.2) is 0 Å². The highest BCUT2D eigenvalue weighted by Crippen LogP contribution is 2.26. The van der Waals surface area contributed by atoms with Crippen molar-refractivity contribution in [2.45, 2.75) is 38.1 Å². The van der Waals surface area contributed by atoms with Crippen LogP contribution in [0.5, 0.6) is 0 Å². The molecule has 0 saturated carbocycles. The van der Waals surface area contributed by atoms with Crippen LogP contribution in [0.4, 0.5) is 5.82 Å². The number of rotatable bonds is 5. The van der Waals surface area contributed by atoms with Gasteiger partial charge < -0.3 is 9.64 Å². The van der Waals surface area contributed by atoms with E-state index in [1.807, 2.05) is 11.7 Å². The van der Waals surface area contributed by atoms with Crippen LogP contribution in [0.3, 0.4) is 0 Å². The average molecular weight is 316 g/mol. The van der Waals surface area contributed by atoms with Gasteiger partial charge in [0.05, 0.1) is 11.8 Å². The molecule has 1 aromatic heterocycles. The first kappa shape index (κ1) is 13.9. The van der Waals surface area contributed by atoms with Crippen LogP contribution in [-0.4, -0.2) is 35.6 Å². The normalized spacial score (nSPS) is 19.4. The Morgan fingerprint density at radius 3 is 2.89 bits per heavy atom. The van der Waals surface area contributed by atoms with E-state index >= 15 is 0 Å². The summed E-state index contributed by atoms with van der Waals surface area (Å²) in [4.78, 5) is 2.38. The summed E-state index contributed by atoms with van der Waals surface area (Å²) >= 11 is 3.57. The van der Waals surface area contributed by atoms with Crippen molar-refractivity contribution in [2.24, 2.45) is 7.05 Å². The maximum absolute atomic E-state index is 5.74. The zero-order chi connectivity index (χ0) is 13.1. The lowest BCUT2D eigenvalue weighted by molar-refractivity contribution is 0.115. The molecule has 1 aromatic rings. The van der Waals surface area contributed by atoms with Crippen molar-refractivity contribution < 1.29 is 4.74 Å². The van der Waals surface area contributed by atoms with Crippen molar-refractivity contribution in [3.8, 4) is 0 Å². The summed E-state index contributed by atoms with van der Waals surface area (Å²) in [6.45, 7) is 7.13. The standard InChI is InChI=1S/C13H22BrN3O/c1-4-17(9-11-6-5-7-18-11)13-12(8-14)10(2)15-16(13)3/h11H,4-9H2,1-3H3. The van der Waals surface area contributed by atoms with E-state index < -0.39 is 0 Å². The molecule has 0 amide bonds. The lowest BCUT2D eigenvalue weighted by Crippen LogP contribution is -2.34. The zero-order valence-electron chi connectivity index (χ0n) is 11.4. The maximum atomic E-state index is 5.74. The molecule has 18 heavy (non-hydrogen) atoms. The van der Waals surface area contributed by atoms with Crippen LogP contribution in [0, 0.1) is 6.92 Å².